The van der Waals surface area contributed by atoms with Gasteiger partial charge in [-0.05, 0) is 140 Å². The Morgan fingerprint density at radius 2 is 0.800 bits per heavy atom. The van der Waals surface area contributed by atoms with Gasteiger partial charge in [-0.3, -0.25) is 9.59 Å². The summed E-state index contributed by atoms with van der Waals surface area (Å²) in [4.78, 5) is 26.3. The first-order valence-electron chi connectivity index (χ1n) is 19.5. The Labute approximate surface area is 324 Å². The summed E-state index contributed by atoms with van der Waals surface area (Å²) in [6.45, 7) is 1.93. The molecule has 4 unspecified atom stereocenters. The lowest BCUT2D eigenvalue weighted by molar-refractivity contribution is -0.161. The first kappa shape index (κ1) is 38.9. The number of hydrogen-bond acceptors (Lipinski definition) is 8. The maximum Gasteiger partial charge on any atom is 0.310 e. The van der Waals surface area contributed by atoms with Gasteiger partial charge in [0.25, 0.3) is 0 Å². The molecule has 4 atom stereocenters. The number of nitriles is 2. The average molecular weight is 737 g/mol. The molecule has 1 saturated carbocycles. The van der Waals surface area contributed by atoms with Gasteiger partial charge in [-0.15, -0.1) is 0 Å². The van der Waals surface area contributed by atoms with Crippen molar-refractivity contribution >= 4 is 11.9 Å². The van der Waals surface area contributed by atoms with Gasteiger partial charge in [0.1, 0.15) is 11.5 Å². The molecule has 0 radical (unpaired) electrons. The van der Waals surface area contributed by atoms with Crippen molar-refractivity contribution in [2.45, 2.75) is 57.8 Å². The first-order valence-corrected chi connectivity index (χ1v) is 19.5. The lowest BCUT2D eigenvalue weighted by Crippen LogP contribution is -2.35. The van der Waals surface area contributed by atoms with Crippen LogP contribution in [-0.2, 0) is 19.1 Å². The minimum Gasteiger partial charge on any atom is -0.494 e. The summed E-state index contributed by atoms with van der Waals surface area (Å²) in [6, 6.07) is 35.2. The standard InChI is InChI=1S/C47H48N2O6/c48-32-34-9-13-36(14-10-34)38-19-23-42(24-20-38)52-27-5-1-3-7-29-54-46(50)44-40-17-18-41(31-40)45(44)47(51)55-30-8-4-2-6-28-53-43-25-21-39(22-26-43)37-15-11-35(33-49)12-16-37/h9-26,40-41,44-45H,1-8,27-31H2. The van der Waals surface area contributed by atoms with Crippen molar-refractivity contribution in [1.29, 1.82) is 10.5 Å². The van der Waals surface area contributed by atoms with E-state index in [-0.39, 0.29) is 23.8 Å². The van der Waals surface area contributed by atoms with Crippen molar-refractivity contribution in [3.63, 3.8) is 0 Å². The summed E-state index contributed by atoms with van der Waals surface area (Å²) >= 11 is 0. The van der Waals surface area contributed by atoms with Crippen LogP contribution in [0.25, 0.3) is 22.3 Å². The van der Waals surface area contributed by atoms with E-state index in [9.17, 15) is 9.59 Å². The number of hydrogen-bond donors (Lipinski definition) is 0. The molecule has 0 aromatic heterocycles. The van der Waals surface area contributed by atoms with E-state index in [1.54, 1.807) is 0 Å². The third-order valence-electron chi connectivity index (χ3n) is 10.5. The molecular formula is C47H48N2O6. The highest BCUT2D eigenvalue weighted by molar-refractivity contribution is 5.84. The number of esters is 2. The molecule has 0 N–H and O–H groups in total. The van der Waals surface area contributed by atoms with E-state index in [2.05, 4.69) is 24.3 Å². The second-order valence-electron chi connectivity index (χ2n) is 14.3. The molecule has 8 heteroatoms. The predicted molar refractivity (Wildman–Crippen MR) is 211 cm³/mol. The number of fused-ring (bicyclic) bond motifs is 2. The van der Waals surface area contributed by atoms with Gasteiger partial charge < -0.3 is 18.9 Å². The average Bonchev–Trinajstić information content (AvgIpc) is 3.86. The van der Waals surface area contributed by atoms with Gasteiger partial charge >= 0.3 is 11.9 Å². The maximum absolute atomic E-state index is 13.1. The Kier molecular flexibility index (Phi) is 14.1. The van der Waals surface area contributed by atoms with Crippen LogP contribution in [0.1, 0.15) is 68.9 Å². The molecule has 6 rings (SSSR count). The molecule has 2 aliphatic rings. The van der Waals surface area contributed by atoms with Crippen molar-refractivity contribution < 1.29 is 28.5 Å². The van der Waals surface area contributed by atoms with Crippen LogP contribution in [0.3, 0.4) is 0 Å². The zero-order valence-corrected chi connectivity index (χ0v) is 31.2. The summed E-state index contributed by atoms with van der Waals surface area (Å²) in [7, 11) is 0. The highest BCUT2D eigenvalue weighted by Crippen LogP contribution is 2.49. The fraction of sp³-hybridized carbons (Fsp3) is 0.362. The number of rotatable bonds is 20. The Hall–Kier alpha value is -5.86. The van der Waals surface area contributed by atoms with Crippen molar-refractivity contribution in [2.24, 2.45) is 23.7 Å². The second-order valence-corrected chi connectivity index (χ2v) is 14.3. The highest BCUT2D eigenvalue weighted by Gasteiger charge is 2.53. The lowest BCUT2D eigenvalue weighted by Gasteiger charge is -2.25. The molecule has 4 aromatic rings. The number of unbranched alkanes of at least 4 members (excludes halogenated alkanes) is 6. The summed E-state index contributed by atoms with van der Waals surface area (Å²) in [5, 5.41) is 18.0. The number of benzene rings is 4. The quantitative estimate of drug-likeness (QED) is 0.0500. The molecule has 282 valence electrons. The molecule has 0 amide bonds. The Bertz CT molecular complexity index is 1810. The number of allylic oxidation sites excluding steroid dienone is 2. The Morgan fingerprint density at radius 1 is 0.473 bits per heavy atom. The number of carbonyl (C=O) groups is 2. The molecule has 55 heavy (non-hydrogen) atoms. The molecule has 0 saturated heterocycles. The van der Waals surface area contributed by atoms with Gasteiger partial charge in [0, 0.05) is 0 Å². The van der Waals surface area contributed by atoms with Crippen LogP contribution in [0, 0.1) is 46.3 Å². The molecule has 2 bridgehead atoms. The van der Waals surface area contributed by atoms with Gasteiger partial charge in [-0.2, -0.15) is 10.5 Å². The zero-order chi connectivity index (χ0) is 38.2. The minimum atomic E-state index is -0.463. The minimum absolute atomic E-state index is 0.0394. The second kappa shape index (κ2) is 20.0. The van der Waals surface area contributed by atoms with E-state index >= 15 is 0 Å². The highest BCUT2D eigenvalue weighted by atomic mass is 16.5. The fourth-order valence-electron chi connectivity index (χ4n) is 7.46. The summed E-state index contributed by atoms with van der Waals surface area (Å²) in [6.07, 6.45) is 12.1. The zero-order valence-electron chi connectivity index (χ0n) is 31.2. The molecular weight excluding hydrogens is 689 g/mol. The van der Waals surface area contributed by atoms with Gasteiger partial charge in [-0.1, -0.05) is 60.7 Å². The van der Waals surface area contributed by atoms with Gasteiger partial charge in [-0.25, -0.2) is 0 Å². The fourth-order valence-corrected chi connectivity index (χ4v) is 7.46. The summed E-state index contributed by atoms with van der Waals surface area (Å²) < 4.78 is 23.2. The van der Waals surface area contributed by atoms with Crippen molar-refractivity contribution in [2.75, 3.05) is 26.4 Å². The van der Waals surface area contributed by atoms with Gasteiger partial charge in [0.15, 0.2) is 0 Å². The van der Waals surface area contributed by atoms with E-state index in [1.807, 2.05) is 97.1 Å². The van der Waals surface area contributed by atoms with E-state index in [1.165, 1.54) is 0 Å². The third kappa shape index (κ3) is 10.9. The molecule has 0 spiro atoms. The third-order valence-corrected chi connectivity index (χ3v) is 10.5. The van der Waals surface area contributed by atoms with Crippen molar-refractivity contribution in [3.8, 4) is 45.9 Å². The van der Waals surface area contributed by atoms with Gasteiger partial charge in [0.2, 0.25) is 0 Å². The van der Waals surface area contributed by atoms with Crippen LogP contribution in [0.4, 0.5) is 0 Å². The SMILES string of the molecule is N#Cc1ccc(-c2ccc(OCCCCCCOC(=O)C3C4C=CC(C4)C3C(=O)OCCCCCCOc3ccc(-c4ccc(C#N)cc4)cc3)cc2)cc1. The van der Waals surface area contributed by atoms with Crippen LogP contribution in [-0.4, -0.2) is 38.4 Å². The van der Waals surface area contributed by atoms with E-state index < -0.39 is 11.8 Å². The first-order chi connectivity index (χ1) is 27.0. The Morgan fingerprint density at radius 3 is 1.15 bits per heavy atom. The molecule has 0 heterocycles. The van der Waals surface area contributed by atoms with Crippen LogP contribution >= 0.6 is 0 Å². The smallest absolute Gasteiger partial charge is 0.310 e. The number of ether oxygens (including phenoxy) is 4. The maximum atomic E-state index is 13.1. The van der Waals surface area contributed by atoms with Crippen LogP contribution in [0.15, 0.2) is 109 Å². The van der Waals surface area contributed by atoms with Crippen molar-refractivity contribution in [1.82, 2.24) is 0 Å². The van der Waals surface area contributed by atoms with Crippen LogP contribution < -0.4 is 9.47 Å². The van der Waals surface area contributed by atoms with E-state index in [4.69, 9.17) is 29.5 Å². The Balaban J connectivity index is 0.800. The topological polar surface area (TPSA) is 119 Å². The lowest BCUT2D eigenvalue weighted by atomic mass is 9.83. The van der Waals surface area contributed by atoms with E-state index in [0.29, 0.717) is 37.6 Å². The van der Waals surface area contributed by atoms with Crippen molar-refractivity contribution in [3.05, 3.63) is 120 Å². The van der Waals surface area contributed by atoms with Gasteiger partial charge in [0.05, 0.1) is 61.5 Å². The number of carbonyl (C=O) groups excluding carboxylic acids is 2. The molecule has 2 aliphatic carbocycles. The molecule has 4 aromatic carbocycles. The number of nitrogens with zero attached hydrogens (tertiary/aromatic N) is 2. The van der Waals surface area contributed by atoms with Crippen LogP contribution in [0.5, 0.6) is 11.5 Å². The molecule has 8 nitrogen and oxygen atoms in total. The monoisotopic (exact) mass is 736 g/mol. The largest absolute Gasteiger partial charge is 0.494 e. The predicted octanol–water partition coefficient (Wildman–Crippen LogP) is 9.87. The normalized spacial score (nSPS) is 17.9. The summed E-state index contributed by atoms with van der Waals surface area (Å²) in [5.41, 5.74) is 5.54. The van der Waals surface area contributed by atoms with E-state index in [0.717, 1.165) is 91.5 Å². The van der Waals surface area contributed by atoms with Crippen LogP contribution in [0.2, 0.25) is 0 Å². The molecule has 1 fully saturated rings. The summed E-state index contributed by atoms with van der Waals surface area (Å²) in [5.74, 6) is 0.230. The molecule has 0 aliphatic heterocycles.